The number of aromatic nitrogens is 2. The van der Waals surface area contributed by atoms with Gasteiger partial charge in [-0.15, -0.1) is 0 Å². The molecule has 1 aromatic heterocycles. The number of hydrogen-bond acceptors (Lipinski definition) is 5. The van der Waals surface area contributed by atoms with Crippen LogP contribution in [-0.4, -0.2) is 40.4 Å². The Morgan fingerprint density at radius 2 is 2.21 bits per heavy atom. The Kier molecular flexibility index (Phi) is 4.66. The topological polar surface area (TPSA) is 93.5 Å². The molecule has 1 rings (SSSR count). The van der Waals surface area contributed by atoms with Crippen molar-refractivity contribution < 1.29 is 14.6 Å². The molecule has 0 aromatic carbocycles. The van der Waals surface area contributed by atoms with Crippen LogP contribution in [0.2, 0.25) is 0 Å². The molecule has 0 aliphatic rings. The second-order valence-electron chi connectivity index (χ2n) is 5.11. The molecule has 0 radical (unpaired) electrons. The molecule has 1 unspecified atom stereocenters. The van der Waals surface area contributed by atoms with Gasteiger partial charge in [0.1, 0.15) is 6.04 Å². The lowest BCUT2D eigenvalue weighted by Crippen LogP contribution is -2.40. The number of nitrogens with zero attached hydrogens (tertiary/aromatic N) is 2. The summed E-state index contributed by atoms with van der Waals surface area (Å²) in [6, 6.07) is -1.01. The molecule has 1 heterocycles. The van der Waals surface area contributed by atoms with Gasteiger partial charge in [0.2, 0.25) is 0 Å². The monoisotopic (exact) mass is 269 g/mol. The number of anilines is 1. The number of carboxylic acid groups (broad SMARTS) is 1. The normalized spacial score (nSPS) is 13.1. The highest BCUT2D eigenvalue weighted by atomic mass is 16.5. The molecule has 0 spiro atoms. The largest absolute Gasteiger partial charge is 0.480 e. The van der Waals surface area contributed by atoms with Crippen molar-refractivity contribution in [1.29, 1.82) is 0 Å². The van der Waals surface area contributed by atoms with E-state index in [0.29, 0.717) is 0 Å². The SMILES string of the molecule is COCC(Nc1nccn(C(C)(C)C)c1=O)C(=O)O. The number of ether oxygens (including phenoxy) is 1. The number of hydrogen-bond donors (Lipinski definition) is 2. The number of rotatable bonds is 5. The predicted octanol–water partition coefficient (Wildman–Crippen LogP) is 0.510. The van der Waals surface area contributed by atoms with Crippen LogP contribution < -0.4 is 10.9 Å². The van der Waals surface area contributed by atoms with Crippen molar-refractivity contribution in [1.82, 2.24) is 9.55 Å². The Bertz CT molecular complexity index is 504. The lowest BCUT2D eigenvalue weighted by molar-refractivity contribution is -0.139. The molecule has 1 atom stereocenters. The van der Waals surface area contributed by atoms with Gasteiger partial charge >= 0.3 is 5.97 Å². The maximum atomic E-state index is 12.2. The highest BCUT2D eigenvalue weighted by Gasteiger charge is 2.21. The highest BCUT2D eigenvalue weighted by molar-refractivity contribution is 5.76. The lowest BCUT2D eigenvalue weighted by atomic mass is 10.1. The smallest absolute Gasteiger partial charge is 0.328 e. The maximum Gasteiger partial charge on any atom is 0.328 e. The van der Waals surface area contributed by atoms with Crippen LogP contribution in [0.15, 0.2) is 17.2 Å². The van der Waals surface area contributed by atoms with Gasteiger partial charge < -0.3 is 19.7 Å². The Hall–Kier alpha value is -1.89. The minimum absolute atomic E-state index is 0.00174. The van der Waals surface area contributed by atoms with Crippen LogP contribution in [0.5, 0.6) is 0 Å². The summed E-state index contributed by atoms with van der Waals surface area (Å²) in [5, 5.41) is 11.6. The first kappa shape index (κ1) is 15.2. The molecular weight excluding hydrogens is 250 g/mol. The predicted molar refractivity (Wildman–Crippen MR) is 70.4 cm³/mol. The van der Waals surface area contributed by atoms with Crippen LogP contribution in [0.4, 0.5) is 5.82 Å². The van der Waals surface area contributed by atoms with E-state index in [1.54, 1.807) is 6.20 Å². The van der Waals surface area contributed by atoms with Crippen molar-refractivity contribution in [3.05, 3.63) is 22.7 Å². The summed E-state index contributed by atoms with van der Waals surface area (Å²) in [5.74, 6) is -1.10. The van der Waals surface area contributed by atoms with Gasteiger partial charge in [0.05, 0.1) is 6.61 Å². The van der Waals surface area contributed by atoms with Crippen LogP contribution in [-0.2, 0) is 15.1 Å². The lowest BCUT2D eigenvalue weighted by Gasteiger charge is -2.23. The number of carbonyl (C=O) groups is 1. The van der Waals surface area contributed by atoms with Gasteiger partial charge in [-0.2, -0.15) is 0 Å². The number of carboxylic acids is 1. The van der Waals surface area contributed by atoms with E-state index in [0.717, 1.165) is 0 Å². The summed E-state index contributed by atoms with van der Waals surface area (Å²) in [5.41, 5.74) is -0.770. The summed E-state index contributed by atoms with van der Waals surface area (Å²) >= 11 is 0. The number of nitrogens with one attached hydrogen (secondary N) is 1. The summed E-state index contributed by atoms with van der Waals surface area (Å²) in [4.78, 5) is 27.1. The molecule has 7 heteroatoms. The van der Waals surface area contributed by atoms with Crippen molar-refractivity contribution in [3.8, 4) is 0 Å². The molecular formula is C12H19N3O4. The summed E-state index contributed by atoms with van der Waals surface area (Å²) in [7, 11) is 1.39. The molecule has 1 aromatic rings. The third-order valence-corrected chi connectivity index (χ3v) is 2.51. The molecule has 0 saturated carbocycles. The van der Waals surface area contributed by atoms with Crippen molar-refractivity contribution in [2.75, 3.05) is 19.0 Å². The van der Waals surface area contributed by atoms with E-state index in [1.807, 2.05) is 20.8 Å². The quantitative estimate of drug-likeness (QED) is 0.809. The van der Waals surface area contributed by atoms with E-state index in [1.165, 1.54) is 17.9 Å². The molecule has 2 N–H and O–H groups in total. The third-order valence-electron chi connectivity index (χ3n) is 2.51. The summed E-state index contributed by atoms with van der Waals surface area (Å²) < 4.78 is 6.29. The Morgan fingerprint density at radius 1 is 1.58 bits per heavy atom. The second-order valence-corrected chi connectivity index (χ2v) is 5.11. The zero-order valence-corrected chi connectivity index (χ0v) is 11.5. The van der Waals surface area contributed by atoms with Gasteiger partial charge in [-0.25, -0.2) is 9.78 Å². The average Bonchev–Trinajstić information content (AvgIpc) is 2.29. The Morgan fingerprint density at radius 3 is 2.68 bits per heavy atom. The summed E-state index contributed by atoms with van der Waals surface area (Å²) in [6.45, 7) is 5.58. The summed E-state index contributed by atoms with van der Waals surface area (Å²) in [6.07, 6.45) is 3.03. The molecule has 0 saturated heterocycles. The zero-order valence-electron chi connectivity index (χ0n) is 11.5. The third kappa shape index (κ3) is 3.78. The van der Waals surface area contributed by atoms with Crippen molar-refractivity contribution >= 4 is 11.8 Å². The van der Waals surface area contributed by atoms with E-state index >= 15 is 0 Å². The van der Waals surface area contributed by atoms with E-state index < -0.39 is 17.6 Å². The van der Waals surface area contributed by atoms with Crippen LogP contribution in [0.25, 0.3) is 0 Å². The molecule has 0 amide bonds. The average molecular weight is 269 g/mol. The van der Waals surface area contributed by atoms with Crippen LogP contribution in [0, 0.1) is 0 Å². The van der Waals surface area contributed by atoms with Crippen LogP contribution in [0.1, 0.15) is 20.8 Å². The standard InChI is InChI=1S/C12H19N3O4/c1-12(2,3)15-6-5-13-9(10(15)16)14-8(7-19-4)11(17)18/h5-6,8H,7H2,1-4H3,(H,13,14)(H,17,18). The molecule has 0 aliphatic heterocycles. The first-order chi connectivity index (χ1) is 8.77. The van der Waals surface area contributed by atoms with Gasteiger partial charge in [-0.3, -0.25) is 4.79 Å². The Balaban J connectivity index is 3.09. The van der Waals surface area contributed by atoms with Gasteiger partial charge in [0.25, 0.3) is 5.56 Å². The molecule has 0 bridgehead atoms. The molecule has 106 valence electrons. The first-order valence-electron chi connectivity index (χ1n) is 5.83. The fourth-order valence-electron chi connectivity index (χ4n) is 1.55. The van der Waals surface area contributed by atoms with Crippen LogP contribution >= 0.6 is 0 Å². The molecule has 0 aliphatic carbocycles. The van der Waals surface area contributed by atoms with Crippen molar-refractivity contribution in [2.24, 2.45) is 0 Å². The van der Waals surface area contributed by atoms with Gasteiger partial charge in [0, 0.05) is 25.0 Å². The van der Waals surface area contributed by atoms with Gasteiger partial charge in [0.15, 0.2) is 5.82 Å². The maximum absolute atomic E-state index is 12.2. The van der Waals surface area contributed by atoms with E-state index in [4.69, 9.17) is 9.84 Å². The van der Waals surface area contributed by atoms with Gasteiger partial charge in [-0.05, 0) is 20.8 Å². The highest BCUT2D eigenvalue weighted by Crippen LogP contribution is 2.11. The Labute approximate surface area is 111 Å². The number of aliphatic carboxylic acids is 1. The van der Waals surface area contributed by atoms with Crippen molar-refractivity contribution in [2.45, 2.75) is 32.4 Å². The van der Waals surface area contributed by atoms with E-state index in [9.17, 15) is 9.59 Å². The zero-order chi connectivity index (χ0) is 14.6. The van der Waals surface area contributed by atoms with E-state index in [-0.39, 0.29) is 18.0 Å². The van der Waals surface area contributed by atoms with Crippen molar-refractivity contribution in [3.63, 3.8) is 0 Å². The second kappa shape index (κ2) is 5.83. The van der Waals surface area contributed by atoms with Gasteiger partial charge in [-0.1, -0.05) is 0 Å². The molecule has 19 heavy (non-hydrogen) atoms. The van der Waals surface area contributed by atoms with E-state index in [2.05, 4.69) is 10.3 Å². The minimum atomic E-state index is -1.10. The fourth-order valence-corrected chi connectivity index (χ4v) is 1.55. The minimum Gasteiger partial charge on any atom is -0.480 e. The number of methoxy groups -OCH3 is 1. The van der Waals surface area contributed by atoms with Crippen LogP contribution in [0.3, 0.4) is 0 Å². The molecule has 0 fully saturated rings. The first-order valence-corrected chi connectivity index (χ1v) is 5.83. The fraction of sp³-hybridized carbons (Fsp3) is 0.583. The molecule has 7 nitrogen and oxygen atoms in total.